The lowest BCUT2D eigenvalue weighted by atomic mass is 9.39. The smallest absolute Gasteiger partial charge is 0.206 e. The van der Waals surface area contributed by atoms with Crippen molar-refractivity contribution in [2.45, 2.75) is 50.8 Å². The molecule has 2 spiro atoms. The highest BCUT2D eigenvalue weighted by Crippen LogP contribution is 2.87. The summed E-state index contributed by atoms with van der Waals surface area (Å²) in [7, 11) is 1.65. The van der Waals surface area contributed by atoms with Crippen molar-refractivity contribution >= 4 is 15.9 Å². The number of aliphatic hydroxyl groups excluding tert-OH is 1. The summed E-state index contributed by atoms with van der Waals surface area (Å²) in [4.78, 5) is 0. The number of rotatable bonds is 1. The van der Waals surface area contributed by atoms with Crippen molar-refractivity contribution in [1.82, 2.24) is 0 Å². The number of halogens is 1. The Balaban J connectivity index is 1.92. The Labute approximate surface area is 132 Å². The van der Waals surface area contributed by atoms with Crippen molar-refractivity contribution in [3.8, 4) is 0 Å². The van der Waals surface area contributed by atoms with Gasteiger partial charge in [-0.2, -0.15) is 0 Å². The van der Waals surface area contributed by atoms with E-state index in [1.807, 2.05) is 0 Å². The Morgan fingerprint density at radius 1 is 1.43 bits per heavy atom. The molecule has 8 atom stereocenters. The van der Waals surface area contributed by atoms with Crippen molar-refractivity contribution < 1.29 is 19.3 Å². The molecule has 2 saturated carbocycles. The van der Waals surface area contributed by atoms with Gasteiger partial charge in [-0.3, -0.25) is 0 Å². The van der Waals surface area contributed by atoms with Gasteiger partial charge < -0.3 is 19.3 Å². The van der Waals surface area contributed by atoms with Crippen LogP contribution >= 0.6 is 15.9 Å². The van der Waals surface area contributed by atoms with Crippen LogP contribution in [0.4, 0.5) is 0 Å². The highest BCUT2D eigenvalue weighted by atomic mass is 79.9. The summed E-state index contributed by atoms with van der Waals surface area (Å²) in [5.74, 6) is -0.644. The average molecular weight is 357 g/mol. The molecule has 0 unspecified atom stereocenters. The van der Waals surface area contributed by atoms with E-state index in [9.17, 15) is 5.11 Å². The van der Waals surface area contributed by atoms with E-state index in [4.69, 9.17) is 14.2 Å². The molecule has 0 aromatic heterocycles. The van der Waals surface area contributed by atoms with Gasteiger partial charge in [0.25, 0.3) is 0 Å². The van der Waals surface area contributed by atoms with Crippen LogP contribution in [0.5, 0.6) is 0 Å². The third kappa shape index (κ3) is 0.844. The molecule has 0 amide bonds. The van der Waals surface area contributed by atoms with Crippen molar-refractivity contribution in [2.75, 3.05) is 13.7 Å². The molecule has 4 bridgehead atoms. The van der Waals surface area contributed by atoms with E-state index in [1.54, 1.807) is 7.11 Å². The van der Waals surface area contributed by atoms with Crippen LogP contribution in [0, 0.1) is 22.2 Å². The number of epoxide rings is 1. The van der Waals surface area contributed by atoms with Gasteiger partial charge in [0.1, 0.15) is 11.7 Å². The predicted molar refractivity (Wildman–Crippen MR) is 78.7 cm³/mol. The Bertz CT molecular complexity index is 607. The molecule has 2 aliphatic heterocycles. The molecule has 5 heteroatoms. The first-order valence-corrected chi connectivity index (χ1v) is 8.51. The summed E-state index contributed by atoms with van der Waals surface area (Å²) in [5.41, 5.74) is -1.36. The van der Waals surface area contributed by atoms with Gasteiger partial charge in [-0.05, 0) is 19.3 Å². The highest BCUT2D eigenvalue weighted by molar-refractivity contribution is 9.11. The second-order valence-corrected chi connectivity index (χ2v) is 8.78. The summed E-state index contributed by atoms with van der Waals surface area (Å²) in [6.07, 6.45) is 2.75. The topological polar surface area (TPSA) is 51.2 Å². The lowest BCUT2D eigenvalue weighted by molar-refractivity contribution is -0.338. The van der Waals surface area contributed by atoms with Gasteiger partial charge in [0, 0.05) is 17.0 Å². The second-order valence-electron chi connectivity index (χ2n) is 7.92. The van der Waals surface area contributed by atoms with Gasteiger partial charge >= 0.3 is 0 Å². The van der Waals surface area contributed by atoms with E-state index in [1.165, 1.54) is 0 Å². The van der Waals surface area contributed by atoms with Crippen LogP contribution in [-0.2, 0) is 14.2 Å². The standard InChI is InChI=1S/C16H21BrO4/c1-8-5-10-15(21-10)12(2)7-20-16(19-4)11(18)14(8,15)6-9(17)13(12,16)3/h6,8,10-11,18H,5,7H2,1-4H3/t8-,10-,11-,12-,13-,14+,15+,16+/m0/s1. The zero-order valence-corrected chi connectivity index (χ0v) is 14.4. The van der Waals surface area contributed by atoms with Crippen LogP contribution < -0.4 is 0 Å². The SMILES string of the molecule is CO[C@]12OC[C@@]3(C)[C@]1(C)C(Br)=C[C@]1([C@@H]2O)[C@@H](C)C[C@@H]2O[C@@]213. The predicted octanol–water partition coefficient (Wildman–Crippen LogP) is 2.20. The van der Waals surface area contributed by atoms with Gasteiger partial charge in [-0.1, -0.05) is 35.9 Å². The summed E-state index contributed by atoms with van der Waals surface area (Å²) in [6, 6.07) is 0. The summed E-state index contributed by atoms with van der Waals surface area (Å²) < 4.78 is 19.4. The molecule has 21 heavy (non-hydrogen) atoms. The molecule has 0 radical (unpaired) electrons. The van der Waals surface area contributed by atoms with E-state index in [0.29, 0.717) is 12.5 Å². The minimum atomic E-state index is -0.990. The first kappa shape index (κ1) is 13.5. The average Bonchev–Trinajstić information content (AvgIpc) is 3.04. The normalized spacial score (nSPS) is 69.6. The molecule has 4 fully saturated rings. The molecule has 4 nitrogen and oxygen atoms in total. The number of hydrogen-bond acceptors (Lipinski definition) is 4. The minimum absolute atomic E-state index is 0.196. The number of methoxy groups -OCH3 is 1. The fourth-order valence-corrected chi connectivity index (χ4v) is 7.75. The lowest BCUT2D eigenvalue weighted by Gasteiger charge is -2.66. The molecular weight excluding hydrogens is 336 g/mol. The van der Waals surface area contributed by atoms with Gasteiger partial charge in [-0.15, -0.1) is 0 Å². The molecule has 2 heterocycles. The second kappa shape index (κ2) is 3.16. The molecule has 6 rings (SSSR count). The lowest BCUT2D eigenvalue weighted by Crippen LogP contribution is -2.77. The van der Waals surface area contributed by atoms with Crippen LogP contribution in [0.1, 0.15) is 27.2 Å². The Hall–Kier alpha value is 0.0600. The van der Waals surface area contributed by atoms with Crippen molar-refractivity contribution in [2.24, 2.45) is 22.2 Å². The monoisotopic (exact) mass is 356 g/mol. The van der Waals surface area contributed by atoms with E-state index in [2.05, 4.69) is 42.8 Å². The van der Waals surface area contributed by atoms with Crippen LogP contribution in [0.3, 0.4) is 0 Å². The zero-order valence-electron chi connectivity index (χ0n) is 12.8. The van der Waals surface area contributed by atoms with Crippen LogP contribution in [0.25, 0.3) is 0 Å². The molecule has 2 saturated heterocycles. The molecule has 116 valence electrons. The third-order valence-corrected chi connectivity index (χ3v) is 8.93. The fraction of sp³-hybridized carbons (Fsp3) is 0.875. The van der Waals surface area contributed by atoms with E-state index < -0.39 is 22.7 Å². The molecule has 0 aromatic rings. The van der Waals surface area contributed by atoms with Gasteiger partial charge in [0.15, 0.2) is 0 Å². The molecule has 4 aliphatic carbocycles. The quantitative estimate of drug-likeness (QED) is 0.731. The van der Waals surface area contributed by atoms with Gasteiger partial charge in [0.05, 0.1) is 23.5 Å². The maximum atomic E-state index is 11.4. The Kier molecular flexibility index (Phi) is 2.03. The summed E-state index contributed by atoms with van der Waals surface area (Å²) in [6.45, 7) is 7.17. The first-order valence-electron chi connectivity index (χ1n) is 7.72. The Morgan fingerprint density at radius 2 is 2.14 bits per heavy atom. The first-order chi connectivity index (χ1) is 9.78. The number of aliphatic hydroxyl groups is 1. The van der Waals surface area contributed by atoms with E-state index in [0.717, 1.165) is 10.9 Å². The molecule has 0 aromatic carbocycles. The maximum Gasteiger partial charge on any atom is 0.206 e. The van der Waals surface area contributed by atoms with Crippen LogP contribution in [0.15, 0.2) is 10.6 Å². The minimum Gasteiger partial charge on any atom is -0.386 e. The maximum absolute atomic E-state index is 11.4. The summed E-state index contributed by atoms with van der Waals surface area (Å²) in [5, 5.41) is 11.4. The van der Waals surface area contributed by atoms with Crippen molar-refractivity contribution in [3.63, 3.8) is 0 Å². The van der Waals surface area contributed by atoms with Crippen LogP contribution in [0.2, 0.25) is 0 Å². The number of ether oxygens (including phenoxy) is 3. The van der Waals surface area contributed by atoms with E-state index >= 15 is 0 Å². The van der Waals surface area contributed by atoms with Crippen molar-refractivity contribution in [1.29, 1.82) is 0 Å². The fourth-order valence-electron chi connectivity index (χ4n) is 6.66. The summed E-state index contributed by atoms with van der Waals surface area (Å²) >= 11 is 3.80. The third-order valence-electron chi connectivity index (χ3n) is 7.91. The largest absolute Gasteiger partial charge is 0.386 e. The van der Waals surface area contributed by atoms with E-state index in [-0.39, 0.29) is 17.1 Å². The number of hydrogen-bond donors (Lipinski definition) is 1. The van der Waals surface area contributed by atoms with Crippen LogP contribution in [-0.4, -0.2) is 42.4 Å². The van der Waals surface area contributed by atoms with Crippen molar-refractivity contribution in [3.05, 3.63) is 10.6 Å². The molecule has 1 N–H and O–H groups in total. The zero-order chi connectivity index (χ0) is 15.1. The molecule has 6 aliphatic rings. The Morgan fingerprint density at radius 3 is 2.81 bits per heavy atom. The highest BCUT2D eigenvalue weighted by Gasteiger charge is 2.96. The van der Waals surface area contributed by atoms with Gasteiger partial charge in [-0.25, -0.2) is 0 Å². The van der Waals surface area contributed by atoms with Gasteiger partial charge in [0.2, 0.25) is 5.79 Å². The molecular formula is C16H21BrO4.